The van der Waals surface area contributed by atoms with Crippen LogP contribution in [0.3, 0.4) is 0 Å². The molecule has 2 atom stereocenters. The quantitative estimate of drug-likeness (QED) is 0.318. The largest absolute Gasteiger partial charge is 0.401 e. The van der Waals surface area contributed by atoms with E-state index in [1.807, 2.05) is 0 Å². The molecule has 0 bridgehead atoms. The maximum Gasteiger partial charge on any atom is 0.401 e. The van der Waals surface area contributed by atoms with Crippen LogP contribution in [-0.2, 0) is 9.53 Å². The van der Waals surface area contributed by atoms with Crippen LogP contribution in [-0.4, -0.2) is 93.9 Å². The van der Waals surface area contributed by atoms with Crippen LogP contribution < -0.4 is 10.6 Å². The second-order valence-corrected chi connectivity index (χ2v) is 7.04. The smallest absolute Gasteiger partial charge is 0.381 e. The zero-order valence-corrected chi connectivity index (χ0v) is 18.0. The highest BCUT2D eigenvalue weighted by Gasteiger charge is 2.34. The first-order valence-electron chi connectivity index (χ1n) is 8.85. The lowest BCUT2D eigenvalue weighted by atomic mass is 10.1. The number of ether oxygens (including phenoxy) is 1. The topological polar surface area (TPSA) is 69.2 Å². The van der Waals surface area contributed by atoms with Crippen molar-refractivity contribution in [2.24, 2.45) is 10.9 Å². The number of halogens is 4. The Hall–Kier alpha value is -0.820. The summed E-state index contributed by atoms with van der Waals surface area (Å²) in [5.41, 5.74) is 0. The summed E-state index contributed by atoms with van der Waals surface area (Å²) < 4.78 is 42.9. The fourth-order valence-corrected chi connectivity index (χ4v) is 2.97. The van der Waals surface area contributed by atoms with Crippen LogP contribution in [0.4, 0.5) is 13.2 Å². The Morgan fingerprint density at radius 3 is 2.67 bits per heavy atom. The Morgan fingerprint density at radius 1 is 1.33 bits per heavy atom. The third-order valence-electron chi connectivity index (χ3n) is 4.47. The van der Waals surface area contributed by atoms with Gasteiger partial charge >= 0.3 is 6.18 Å². The summed E-state index contributed by atoms with van der Waals surface area (Å²) in [6.45, 7) is 1.85. The van der Waals surface area contributed by atoms with Gasteiger partial charge in [-0.25, -0.2) is 4.99 Å². The molecule has 2 heterocycles. The minimum atomic E-state index is -4.19. The average molecular weight is 507 g/mol. The Labute approximate surface area is 175 Å². The van der Waals surface area contributed by atoms with Crippen molar-refractivity contribution in [3.8, 4) is 0 Å². The van der Waals surface area contributed by atoms with Crippen molar-refractivity contribution in [3.05, 3.63) is 0 Å². The molecule has 2 aliphatic heterocycles. The van der Waals surface area contributed by atoms with E-state index >= 15 is 0 Å². The number of hydrogen-bond acceptors (Lipinski definition) is 4. The Kier molecular flexibility index (Phi) is 10.1. The van der Waals surface area contributed by atoms with E-state index in [4.69, 9.17) is 4.74 Å². The number of likely N-dealkylation sites (N-methyl/N-ethyl adjacent to an activating group) is 1. The van der Waals surface area contributed by atoms with Crippen LogP contribution in [0.2, 0.25) is 0 Å². The zero-order valence-electron chi connectivity index (χ0n) is 15.7. The fraction of sp³-hybridized carbons (Fsp3) is 0.875. The van der Waals surface area contributed by atoms with Crippen molar-refractivity contribution in [3.63, 3.8) is 0 Å². The number of hydrogen-bond donors (Lipinski definition) is 2. The summed E-state index contributed by atoms with van der Waals surface area (Å²) in [5.74, 6) is 0.697. The molecule has 0 saturated carbocycles. The van der Waals surface area contributed by atoms with E-state index in [-0.39, 0.29) is 42.5 Å². The third kappa shape index (κ3) is 9.28. The SMILES string of the molecule is CN(C)C(=O)CN=C(NCC1CCOC1)NC1CCN(CC(F)(F)F)C1.I. The molecule has 1 amide bonds. The number of nitrogens with zero attached hydrogens (tertiary/aromatic N) is 3. The molecule has 0 radical (unpaired) electrons. The van der Waals surface area contributed by atoms with Crippen LogP contribution in [0.5, 0.6) is 0 Å². The number of carbonyl (C=O) groups is 1. The molecule has 0 aromatic carbocycles. The molecule has 2 fully saturated rings. The first-order chi connectivity index (χ1) is 12.2. The molecular formula is C16H29F3IN5O2. The first-order valence-corrected chi connectivity index (χ1v) is 8.85. The van der Waals surface area contributed by atoms with Gasteiger partial charge in [0.2, 0.25) is 5.91 Å². The molecule has 2 N–H and O–H groups in total. The van der Waals surface area contributed by atoms with Gasteiger partial charge < -0.3 is 20.3 Å². The third-order valence-corrected chi connectivity index (χ3v) is 4.47. The number of aliphatic imine (C=N–C) groups is 1. The first kappa shape index (κ1) is 24.2. The van der Waals surface area contributed by atoms with Crippen molar-refractivity contribution in [1.29, 1.82) is 0 Å². The lowest BCUT2D eigenvalue weighted by Gasteiger charge is -2.21. The van der Waals surface area contributed by atoms with Gasteiger partial charge in [0.05, 0.1) is 13.2 Å². The van der Waals surface area contributed by atoms with Gasteiger partial charge in [-0.1, -0.05) is 0 Å². The highest BCUT2D eigenvalue weighted by atomic mass is 127. The van der Waals surface area contributed by atoms with Gasteiger partial charge in [0, 0.05) is 52.3 Å². The highest BCUT2D eigenvalue weighted by molar-refractivity contribution is 14.0. The number of alkyl halides is 3. The summed E-state index contributed by atoms with van der Waals surface area (Å²) >= 11 is 0. The molecule has 27 heavy (non-hydrogen) atoms. The van der Waals surface area contributed by atoms with Gasteiger partial charge in [0.15, 0.2) is 5.96 Å². The molecule has 2 unspecified atom stereocenters. The second kappa shape index (κ2) is 11.2. The number of carbonyl (C=O) groups excluding carboxylic acids is 1. The summed E-state index contributed by atoms with van der Waals surface area (Å²) in [5, 5.41) is 6.36. The summed E-state index contributed by atoms with van der Waals surface area (Å²) in [6.07, 6.45) is -2.63. The lowest BCUT2D eigenvalue weighted by Crippen LogP contribution is -2.47. The maximum atomic E-state index is 12.5. The van der Waals surface area contributed by atoms with Crippen molar-refractivity contribution in [2.45, 2.75) is 25.1 Å². The van der Waals surface area contributed by atoms with E-state index in [1.165, 1.54) is 9.80 Å². The minimum Gasteiger partial charge on any atom is -0.381 e. The number of likely N-dealkylation sites (tertiary alicyclic amines) is 1. The normalized spacial score (nSPS) is 23.8. The summed E-state index contributed by atoms with van der Waals surface area (Å²) in [4.78, 5) is 18.9. The molecule has 0 aromatic rings. The van der Waals surface area contributed by atoms with Gasteiger partial charge in [-0.3, -0.25) is 9.69 Å². The Balaban J connectivity index is 0.00000364. The lowest BCUT2D eigenvalue weighted by molar-refractivity contribution is -0.143. The monoisotopic (exact) mass is 507 g/mol. The highest BCUT2D eigenvalue weighted by Crippen LogP contribution is 2.20. The van der Waals surface area contributed by atoms with Gasteiger partial charge in [-0.05, 0) is 12.8 Å². The molecule has 2 rings (SSSR count). The van der Waals surface area contributed by atoms with Crippen molar-refractivity contribution in [2.75, 3.05) is 60.0 Å². The number of guanidine groups is 1. The molecule has 0 aromatic heterocycles. The molecule has 158 valence electrons. The van der Waals surface area contributed by atoms with Crippen LogP contribution in [0.25, 0.3) is 0 Å². The fourth-order valence-electron chi connectivity index (χ4n) is 2.97. The van der Waals surface area contributed by atoms with Gasteiger partial charge in [0.25, 0.3) is 0 Å². The van der Waals surface area contributed by atoms with E-state index in [1.54, 1.807) is 14.1 Å². The van der Waals surface area contributed by atoms with Crippen LogP contribution in [0, 0.1) is 5.92 Å². The predicted octanol–water partition coefficient (Wildman–Crippen LogP) is 0.901. The molecule has 0 aliphatic carbocycles. The maximum absolute atomic E-state index is 12.5. The predicted molar refractivity (Wildman–Crippen MR) is 107 cm³/mol. The molecule has 0 spiro atoms. The van der Waals surface area contributed by atoms with Crippen LogP contribution in [0.15, 0.2) is 4.99 Å². The molecule has 2 saturated heterocycles. The molecule has 7 nitrogen and oxygen atoms in total. The van der Waals surface area contributed by atoms with Crippen LogP contribution >= 0.6 is 24.0 Å². The number of rotatable bonds is 6. The standard InChI is InChI=1S/C16H28F3N5O2.HI/c1-23(2)14(25)8-21-15(20-7-12-4-6-26-10-12)22-13-3-5-24(9-13)11-16(17,18)19;/h12-13H,3-11H2,1-2H3,(H2,20,21,22);1H. The van der Waals surface area contributed by atoms with Crippen molar-refractivity contribution < 1.29 is 22.7 Å². The number of amides is 1. The van der Waals surface area contributed by atoms with Crippen LogP contribution in [0.1, 0.15) is 12.8 Å². The van der Waals surface area contributed by atoms with E-state index in [0.29, 0.717) is 44.5 Å². The van der Waals surface area contributed by atoms with Gasteiger partial charge in [0.1, 0.15) is 6.54 Å². The minimum absolute atomic E-state index is 0. The second-order valence-electron chi connectivity index (χ2n) is 7.04. The molecular weight excluding hydrogens is 478 g/mol. The average Bonchev–Trinajstić information content (AvgIpc) is 3.19. The molecule has 11 heteroatoms. The van der Waals surface area contributed by atoms with Gasteiger partial charge in [-0.2, -0.15) is 13.2 Å². The van der Waals surface area contributed by atoms with E-state index in [9.17, 15) is 18.0 Å². The van der Waals surface area contributed by atoms with Crippen molar-refractivity contribution >= 4 is 35.8 Å². The van der Waals surface area contributed by atoms with Crippen molar-refractivity contribution in [1.82, 2.24) is 20.4 Å². The zero-order chi connectivity index (χ0) is 19.2. The number of nitrogens with one attached hydrogen (secondary N) is 2. The Morgan fingerprint density at radius 2 is 2.07 bits per heavy atom. The molecule has 2 aliphatic rings. The van der Waals surface area contributed by atoms with E-state index in [0.717, 1.165) is 13.0 Å². The Bertz CT molecular complexity index is 499. The van der Waals surface area contributed by atoms with E-state index in [2.05, 4.69) is 15.6 Å². The summed E-state index contributed by atoms with van der Waals surface area (Å²) in [7, 11) is 3.31. The van der Waals surface area contributed by atoms with Gasteiger partial charge in [-0.15, -0.1) is 24.0 Å². The summed E-state index contributed by atoms with van der Waals surface area (Å²) in [6, 6.07) is -0.127. The van der Waals surface area contributed by atoms with E-state index < -0.39 is 12.7 Å².